The van der Waals surface area contributed by atoms with E-state index in [-0.39, 0.29) is 0 Å². The number of furan rings is 1. The van der Waals surface area contributed by atoms with E-state index in [0.717, 1.165) is 34.9 Å². The predicted molar refractivity (Wildman–Crippen MR) is 80.9 cm³/mol. The molecule has 3 nitrogen and oxygen atoms in total. The Morgan fingerprint density at radius 3 is 3.05 bits per heavy atom. The third kappa shape index (κ3) is 2.41. The lowest BCUT2D eigenvalue weighted by Crippen LogP contribution is -2.09. The monoisotopic (exact) mass is 284 g/mol. The predicted octanol–water partition coefficient (Wildman–Crippen LogP) is 4.40. The summed E-state index contributed by atoms with van der Waals surface area (Å²) < 4.78 is 5.47. The quantitative estimate of drug-likeness (QED) is 0.767. The highest BCUT2D eigenvalue weighted by molar-refractivity contribution is 7.16. The summed E-state index contributed by atoms with van der Waals surface area (Å²) in [5, 5.41) is 10.2. The van der Waals surface area contributed by atoms with Crippen molar-refractivity contribution < 1.29 is 4.42 Å². The Morgan fingerprint density at radius 1 is 1.50 bits per heavy atom. The van der Waals surface area contributed by atoms with E-state index in [2.05, 4.69) is 18.0 Å². The first-order valence-corrected chi connectivity index (χ1v) is 7.64. The zero-order chi connectivity index (χ0) is 14.1. The van der Waals surface area contributed by atoms with Crippen LogP contribution in [0, 0.1) is 24.2 Å². The van der Waals surface area contributed by atoms with Crippen molar-refractivity contribution in [2.24, 2.45) is 10.9 Å². The number of hydrogen-bond donors (Lipinski definition) is 0. The highest BCUT2D eigenvalue weighted by Gasteiger charge is 2.23. The molecule has 0 unspecified atom stereocenters. The van der Waals surface area contributed by atoms with Gasteiger partial charge in [-0.05, 0) is 49.8 Å². The summed E-state index contributed by atoms with van der Waals surface area (Å²) in [7, 11) is 0. The standard InChI is InChI=1S/C16H16N2OS/c1-10-3-6-13-14(8-17)16(20-15(13)7-10)18-9-12-5-4-11(2)19-12/h4-5,9-10H,3,6-7H2,1-2H3/t10-/m0/s1. The Kier molecular flexibility index (Phi) is 3.45. The molecule has 1 atom stereocenters. The van der Waals surface area contributed by atoms with Crippen LogP contribution in [0.5, 0.6) is 0 Å². The Morgan fingerprint density at radius 2 is 2.35 bits per heavy atom. The second kappa shape index (κ2) is 5.26. The van der Waals surface area contributed by atoms with E-state index in [4.69, 9.17) is 4.42 Å². The smallest absolute Gasteiger partial charge is 0.145 e. The van der Waals surface area contributed by atoms with E-state index in [9.17, 15) is 5.26 Å². The van der Waals surface area contributed by atoms with Crippen molar-refractivity contribution in [2.45, 2.75) is 33.1 Å². The minimum atomic E-state index is 0.706. The van der Waals surface area contributed by atoms with Crippen LogP contribution in [0.3, 0.4) is 0 Å². The van der Waals surface area contributed by atoms with Gasteiger partial charge in [-0.25, -0.2) is 4.99 Å². The summed E-state index contributed by atoms with van der Waals surface area (Å²) in [5.41, 5.74) is 1.98. The SMILES string of the molecule is Cc1ccc(C=Nc2sc3c(c2C#N)CC[C@H](C)C3)o1. The summed E-state index contributed by atoms with van der Waals surface area (Å²) in [6.07, 6.45) is 4.95. The van der Waals surface area contributed by atoms with Gasteiger partial charge in [0.25, 0.3) is 0 Å². The molecule has 1 aliphatic carbocycles. The average Bonchev–Trinajstić information content (AvgIpc) is 2.98. The van der Waals surface area contributed by atoms with Gasteiger partial charge in [-0.3, -0.25) is 0 Å². The number of thiophene rings is 1. The molecule has 0 aliphatic heterocycles. The van der Waals surface area contributed by atoms with Gasteiger partial charge in [0.05, 0.1) is 11.8 Å². The first-order chi connectivity index (χ1) is 9.67. The van der Waals surface area contributed by atoms with Gasteiger partial charge in [-0.15, -0.1) is 11.3 Å². The Labute approximate surface area is 122 Å². The van der Waals surface area contributed by atoms with Gasteiger partial charge in [-0.1, -0.05) is 6.92 Å². The van der Waals surface area contributed by atoms with Gasteiger partial charge in [0.1, 0.15) is 22.6 Å². The Bertz CT molecular complexity index is 703. The van der Waals surface area contributed by atoms with Crippen molar-refractivity contribution in [1.82, 2.24) is 0 Å². The fourth-order valence-corrected chi connectivity index (χ4v) is 3.89. The van der Waals surface area contributed by atoms with Gasteiger partial charge in [-0.2, -0.15) is 5.26 Å². The van der Waals surface area contributed by atoms with Gasteiger partial charge >= 0.3 is 0 Å². The maximum Gasteiger partial charge on any atom is 0.145 e. The normalized spacial score (nSPS) is 18.1. The Balaban J connectivity index is 1.94. The highest BCUT2D eigenvalue weighted by atomic mass is 32.1. The molecular formula is C16H16N2OS. The molecule has 0 N–H and O–H groups in total. The molecule has 0 saturated carbocycles. The molecule has 20 heavy (non-hydrogen) atoms. The number of aryl methyl sites for hydroxylation is 1. The van der Waals surface area contributed by atoms with Gasteiger partial charge in [0, 0.05) is 4.88 Å². The molecule has 0 fully saturated rings. The van der Waals surface area contributed by atoms with Crippen molar-refractivity contribution in [3.63, 3.8) is 0 Å². The zero-order valence-electron chi connectivity index (χ0n) is 11.6. The van der Waals surface area contributed by atoms with Crippen molar-refractivity contribution in [3.05, 3.63) is 39.7 Å². The number of hydrogen-bond acceptors (Lipinski definition) is 4. The number of nitriles is 1. The molecule has 102 valence electrons. The summed E-state index contributed by atoms with van der Waals surface area (Å²) in [5.74, 6) is 2.30. The summed E-state index contributed by atoms with van der Waals surface area (Å²) in [4.78, 5) is 5.80. The highest BCUT2D eigenvalue weighted by Crippen LogP contribution is 2.40. The van der Waals surface area contributed by atoms with Gasteiger partial charge in [0.15, 0.2) is 0 Å². The molecular weight excluding hydrogens is 268 g/mol. The lowest BCUT2D eigenvalue weighted by molar-refractivity contribution is 0.507. The first kappa shape index (κ1) is 13.1. The molecule has 0 saturated heterocycles. The molecule has 0 amide bonds. The summed E-state index contributed by atoms with van der Waals surface area (Å²) >= 11 is 1.65. The van der Waals surface area contributed by atoms with Crippen LogP contribution in [0.2, 0.25) is 0 Å². The second-order valence-electron chi connectivity index (χ2n) is 5.35. The van der Waals surface area contributed by atoms with Crippen LogP contribution >= 0.6 is 11.3 Å². The van der Waals surface area contributed by atoms with Crippen LogP contribution in [0.1, 0.15) is 40.9 Å². The van der Waals surface area contributed by atoms with Crippen LogP contribution in [-0.4, -0.2) is 6.21 Å². The largest absolute Gasteiger partial charge is 0.460 e. The fraction of sp³-hybridized carbons (Fsp3) is 0.375. The van der Waals surface area contributed by atoms with E-state index in [1.165, 1.54) is 16.9 Å². The number of nitrogens with zero attached hydrogens (tertiary/aromatic N) is 2. The third-order valence-electron chi connectivity index (χ3n) is 3.68. The van der Waals surface area contributed by atoms with Gasteiger partial charge in [0.2, 0.25) is 0 Å². The maximum atomic E-state index is 9.39. The average molecular weight is 284 g/mol. The van der Waals surface area contributed by atoms with E-state index in [1.54, 1.807) is 17.6 Å². The molecule has 1 aliphatic rings. The molecule has 3 rings (SSSR count). The van der Waals surface area contributed by atoms with Crippen LogP contribution in [-0.2, 0) is 12.8 Å². The molecule has 0 aromatic carbocycles. The Hall–Kier alpha value is -1.86. The maximum absolute atomic E-state index is 9.39. The summed E-state index contributed by atoms with van der Waals surface area (Å²) in [6.45, 7) is 4.17. The molecule has 0 spiro atoms. The van der Waals surface area contributed by atoms with Crippen molar-refractivity contribution in [2.75, 3.05) is 0 Å². The van der Waals surface area contributed by atoms with Crippen LogP contribution in [0.4, 0.5) is 5.00 Å². The number of aliphatic imine (C=N–C) groups is 1. The van der Waals surface area contributed by atoms with E-state index >= 15 is 0 Å². The van der Waals surface area contributed by atoms with E-state index in [0.29, 0.717) is 5.92 Å². The molecule has 4 heteroatoms. The van der Waals surface area contributed by atoms with E-state index in [1.807, 2.05) is 19.1 Å². The summed E-state index contributed by atoms with van der Waals surface area (Å²) in [6, 6.07) is 6.13. The van der Waals surface area contributed by atoms with Crippen LogP contribution < -0.4 is 0 Å². The van der Waals surface area contributed by atoms with Gasteiger partial charge < -0.3 is 4.42 Å². The number of fused-ring (bicyclic) bond motifs is 1. The van der Waals surface area contributed by atoms with Crippen LogP contribution in [0.25, 0.3) is 0 Å². The molecule has 2 aromatic heterocycles. The van der Waals surface area contributed by atoms with Crippen molar-refractivity contribution >= 4 is 22.6 Å². The minimum absolute atomic E-state index is 0.706. The molecule has 2 aromatic rings. The van der Waals surface area contributed by atoms with Crippen LogP contribution in [0.15, 0.2) is 21.5 Å². The lowest BCUT2D eigenvalue weighted by atomic mass is 9.89. The molecule has 2 heterocycles. The van der Waals surface area contributed by atoms with E-state index < -0.39 is 0 Å². The molecule has 0 bridgehead atoms. The minimum Gasteiger partial charge on any atom is -0.460 e. The lowest BCUT2D eigenvalue weighted by Gasteiger charge is -2.17. The topological polar surface area (TPSA) is 49.3 Å². The third-order valence-corrected chi connectivity index (χ3v) is 4.84. The van der Waals surface area contributed by atoms with Crippen molar-refractivity contribution in [1.29, 1.82) is 5.26 Å². The fourth-order valence-electron chi connectivity index (χ4n) is 2.59. The van der Waals surface area contributed by atoms with Crippen molar-refractivity contribution in [3.8, 4) is 6.07 Å². The second-order valence-corrected chi connectivity index (χ2v) is 6.43. The first-order valence-electron chi connectivity index (χ1n) is 6.82. The molecule has 0 radical (unpaired) electrons. The number of rotatable bonds is 2. The zero-order valence-corrected chi connectivity index (χ0v) is 12.5.